The van der Waals surface area contributed by atoms with Gasteiger partial charge in [-0.25, -0.2) is 0 Å². The molecule has 102 valence electrons. The van der Waals surface area contributed by atoms with Gasteiger partial charge in [0.1, 0.15) is 0 Å². The van der Waals surface area contributed by atoms with Crippen molar-refractivity contribution in [2.45, 2.75) is 52.4 Å². The smallest absolute Gasteiger partial charge is 0.276 e. The first-order chi connectivity index (χ1) is 8.79. The van der Waals surface area contributed by atoms with Gasteiger partial charge >= 0.3 is 0 Å². The second kappa shape index (κ2) is 8.66. The summed E-state index contributed by atoms with van der Waals surface area (Å²) in [5.41, 5.74) is 0.419. The van der Waals surface area contributed by atoms with E-state index in [4.69, 9.17) is 0 Å². The Balaban J connectivity index is 2.49. The highest BCUT2D eigenvalue weighted by Gasteiger charge is 2.17. The maximum atomic E-state index is 12.2. The van der Waals surface area contributed by atoms with E-state index in [-0.39, 0.29) is 5.91 Å². The van der Waals surface area contributed by atoms with E-state index >= 15 is 0 Å². The Bertz CT molecular complexity index is 314. The molecule has 0 aliphatic heterocycles. The van der Waals surface area contributed by atoms with Crippen LogP contribution in [0.1, 0.15) is 62.9 Å². The summed E-state index contributed by atoms with van der Waals surface area (Å²) < 4.78 is 0. The summed E-state index contributed by atoms with van der Waals surface area (Å²) in [5.74, 6) is -0.00374. The highest BCUT2D eigenvalue weighted by molar-refractivity contribution is 5.91. The maximum absolute atomic E-state index is 12.2. The van der Waals surface area contributed by atoms with Gasteiger partial charge in [-0.3, -0.25) is 4.79 Å². The normalized spacial score (nSPS) is 10.6. The molecule has 0 fully saturated rings. The van der Waals surface area contributed by atoms with Gasteiger partial charge in [0.25, 0.3) is 5.91 Å². The van der Waals surface area contributed by atoms with Crippen LogP contribution in [0.3, 0.4) is 0 Å². The first-order valence-electron chi connectivity index (χ1n) is 6.94. The second-order valence-electron chi connectivity index (χ2n) is 4.56. The number of aromatic nitrogens is 3. The van der Waals surface area contributed by atoms with E-state index in [1.54, 1.807) is 0 Å². The van der Waals surface area contributed by atoms with Crippen LogP contribution in [0.15, 0.2) is 6.20 Å². The van der Waals surface area contributed by atoms with Crippen LogP contribution < -0.4 is 0 Å². The summed E-state index contributed by atoms with van der Waals surface area (Å²) in [4.78, 5) is 14.1. The SMILES string of the molecule is CCCCCN(CCCCC)C(=O)c1cn[nH]n1. The third kappa shape index (κ3) is 4.85. The Hall–Kier alpha value is -1.39. The molecular formula is C13H24N4O. The fourth-order valence-electron chi connectivity index (χ4n) is 1.89. The van der Waals surface area contributed by atoms with Crippen LogP contribution in [0.4, 0.5) is 0 Å². The lowest BCUT2D eigenvalue weighted by Gasteiger charge is -2.21. The Morgan fingerprint density at radius 2 is 1.78 bits per heavy atom. The summed E-state index contributed by atoms with van der Waals surface area (Å²) in [6.45, 7) is 5.98. The Kier molecular flexibility index (Phi) is 7.06. The van der Waals surface area contributed by atoms with Gasteiger partial charge in [0, 0.05) is 13.1 Å². The van der Waals surface area contributed by atoms with E-state index in [9.17, 15) is 4.79 Å². The van der Waals surface area contributed by atoms with Crippen molar-refractivity contribution in [3.8, 4) is 0 Å². The zero-order valence-corrected chi connectivity index (χ0v) is 11.5. The predicted octanol–water partition coefficient (Wildman–Crippen LogP) is 2.63. The Morgan fingerprint density at radius 1 is 1.17 bits per heavy atom. The molecule has 0 aliphatic rings. The molecule has 0 saturated carbocycles. The van der Waals surface area contributed by atoms with Gasteiger partial charge in [-0.15, -0.1) is 0 Å². The van der Waals surface area contributed by atoms with Crippen molar-refractivity contribution in [1.29, 1.82) is 0 Å². The topological polar surface area (TPSA) is 61.9 Å². The van der Waals surface area contributed by atoms with Crippen molar-refractivity contribution in [1.82, 2.24) is 20.3 Å². The summed E-state index contributed by atoms with van der Waals surface area (Å²) in [7, 11) is 0. The molecule has 1 aromatic rings. The van der Waals surface area contributed by atoms with Gasteiger partial charge in [0.15, 0.2) is 5.69 Å². The van der Waals surface area contributed by atoms with Crippen LogP contribution in [0.2, 0.25) is 0 Å². The molecule has 0 unspecified atom stereocenters. The minimum absolute atomic E-state index is 0.00374. The number of unbranched alkanes of at least 4 members (excludes halogenated alkanes) is 4. The van der Waals surface area contributed by atoms with Crippen LogP contribution in [0.5, 0.6) is 0 Å². The number of H-pyrrole nitrogens is 1. The summed E-state index contributed by atoms with van der Waals surface area (Å²) >= 11 is 0. The van der Waals surface area contributed by atoms with Crippen molar-refractivity contribution in [2.24, 2.45) is 0 Å². The molecule has 0 bridgehead atoms. The fourth-order valence-corrected chi connectivity index (χ4v) is 1.89. The quantitative estimate of drug-likeness (QED) is 0.687. The lowest BCUT2D eigenvalue weighted by atomic mass is 10.2. The fraction of sp³-hybridized carbons (Fsp3) is 0.769. The van der Waals surface area contributed by atoms with Gasteiger partial charge in [0.05, 0.1) is 6.20 Å². The molecule has 5 heteroatoms. The zero-order chi connectivity index (χ0) is 13.2. The van der Waals surface area contributed by atoms with Crippen molar-refractivity contribution in [3.63, 3.8) is 0 Å². The molecule has 18 heavy (non-hydrogen) atoms. The second-order valence-corrected chi connectivity index (χ2v) is 4.56. The molecule has 0 saturated heterocycles. The molecule has 0 aliphatic carbocycles. The number of hydrogen-bond acceptors (Lipinski definition) is 3. The van der Waals surface area contributed by atoms with Crippen LogP contribution in [-0.4, -0.2) is 39.3 Å². The first-order valence-corrected chi connectivity index (χ1v) is 6.94. The number of nitrogens with one attached hydrogen (secondary N) is 1. The standard InChI is InChI=1S/C13H24N4O/c1-3-5-7-9-17(10-8-6-4-2)13(18)12-11-14-16-15-12/h11H,3-10H2,1-2H3,(H,14,15,16). The van der Waals surface area contributed by atoms with Gasteiger partial charge in [-0.2, -0.15) is 15.4 Å². The molecule has 0 radical (unpaired) electrons. The Morgan fingerprint density at radius 3 is 2.22 bits per heavy atom. The number of nitrogens with zero attached hydrogens (tertiary/aromatic N) is 3. The number of rotatable bonds is 9. The monoisotopic (exact) mass is 252 g/mol. The number of carbonyl (C=O) groups is 1. The first kappa shape index (κ1) is 14.7. The van der Waals surface area contributed by atoms with Gasteiger partial charge in [0.2, 0.25) is 0 Å². The van der Waals surface area contributed by atoms with Crippen LogP contribution in [-0.2, 0) is 0 Å². The molecule has 1 rings (SSSR count). The Labute approximate surface area is 109 Å². The van der Waals surface area contributed by atoms with Crippen molar-refractivity contribution in [2.75, 3.05) is 13.1 Å². The maximum Gasteiger partial charge on any atom is 0.276 e. The van der Waals surface area contributed by atoms with E-state index in [0.29, 0.717) is 5.69 Å². The van der Waals surface area contributed by atoms with Crippen molar-refractivity contribution >= 4 is 5.91 Å². The van der Waals surface area contributed by atoms with Gasteiger partial charge in [-0.1, -0.05) is 39.5 Å². The molecule has 1 aromatic heterocycles. The highest BCUT2D eigenvalue weighted by Crippen LogP contribution is 2.06. The number of hydrogen-bond donors (Lipinski definition) is 1. The average Bonchev–Trinajstić information content (AvgIpc) is 2.90. The zero-order valence-electron chi connectivity index (χ0n) is 11.5. The number of aromatic amines is 1. The molecule has 0 spiro atoms. The molecule has 1 amide bonds. The third-order valence-electron chi connectivity index (χ3n) is 2.98. The van der Waals surface area contributed by atoms with Crippen molar-refractivity contribution in [3.05, 3.63) is 11.9 Å². The molecule has 0 aromatic carbocycles. The average molecular weight is 252 g/mol. The van der Waals surface area contributed by atoms with E-state index in [2.05, 4.69) is 29.3 Å². The molecular weight excluding hydrogens is 228 g/mol. The molecule has 1 N–H and O–H groups in total. The molecule has 1 heterocycles. The van der Waals surface area contributed by atoms with Crippen LogP contribution >= 0.6 is 0 Å². The van der Waals surface area contributed by atoms with E-state index in [1.165, 1.54) is 19.0 Å². The van der Waals surface area contributed by atoms with Crippen LogP contribution in [0, 0.1) is 0 Å². The minimum atomic E-state index is -0.00374. The van der Waals surface area contributed by atoms with Gasteiger partial charge < -0.3 is 4.90 Å². The summed E-state index contributed by atoms with van der Waals surface area (Å²) in [6.07, 6.45) is 8.28. The van der Waals surface area contributed by atoms with Gasteiger partial charge in [-0.05, 0) is 12.8 Å². The van der Waals surface area contributed by atoms with Crippen molar-refractivity contribution < 1.29 is 4.79 Å². The van der Waals surface area contributed by atoms with E-state index < -0.39 is 0 Å². The molecule has 5 nitrogen and oxygen atoms in total. The predicted molar refractivity (Wildman–Crippen MR) is 71.3 cm³/mol. The van der Waals surface area contributed by atoms with E-state index in [0.717, 1.165) is 38.8 Å². The number of amides is 1. The molecule has 0 atom stereocenters. The van der Waals surface area contributed by atoms with E-state index in [1.807, 2.05) is 4.90 Å². The highest BCUT2D eigenvalue weighted by atomic mass is 16.2. The van der Waals surface area contributed by atoms with Crippen LogP contribution in [0.25, 0.3) is 0 Å². The summed E-state index contributed by atoms with van der Waals surface area (Å²) in [6, 6.07) is 0. The lowest BCUT2D eigenvalue weighted by Crippen LogP contribution is -2.33. The lowest BCUT2D eigenvalue weighted by molar-refractivity contribution is 0.0743. The minimum Gasteiger partial charge on any atom is -0.337 e. The largest absolute Gasteiger partial charge is 0.337 e. The number of carbonyl (C=O) groups excluding carboxylic acids is 1. The summed E-state index contributed by atoms with van der Waals surface area (Å²) in [5, 5.41) is 10.1. The third-order valence-corrected chi connectivity index (χ3v) is 2.98.